The van der Waals surface area contributed by atoms with Gasteiger partial charge in [-0.25, -0.2) is 0 Å². The molecule has 3 fully saturated rings. The van der Waals surface area contributed by atoms with Crippen molar-refractivity contribution < 1.29 is 217 Å². The molecule has 0 saturated carbocycles. The van der Waals surface area contributed by atoms with E-state index in [0.717, 1.165) is 76.1 Å². The minimum atomic E-state index is -0.181. The first-order valence-electron chi connectivity index (χ1n) is 16.1. The first kappa shape index (κ1) is 61.2. The molecule has 4 aromatic rings. The predicted molar refractivity (Wildman–Crippen MR) is 193 cm³/mol. The van der Waals surface area contributed by atoms with Gasteiger partial charge in [-0.2, -0.15) is 0 Å². The molecule has 3 saturated heterocycles. The number of alkyl halides is 1. The van der Waals surface area contributed by atoms with Gasteiger partial charge in [-0.3, -0.25) is 24.7 Å². The van der Waals surface area contributed by atoms with E-state index in [4.69, 9.17) is 41.4 Å². The Kier molecular flexibility index (Phi) is 42.4. The van der Waals surface area contributed by atoms with Gasteiger partial charge in [0, 0.05) is 212 Å². The van der Waals surface area contributed by atoms with E-state index in [1.165, 1.54) is 16.7 Å². The molecule has 0 bridgehead atoms. The van der Waals surface area contributed by atoms with Crippen LogP contribution in [-0.4, -0.2) is 80.4 Å². The van der Waals surface area contributed by atoms with Gasteiger partial charge in [0.15, 0.2) is 0 Å². The first-order valence-corrected chi connectivity index (χ1v) is 16.6. The Labute approximate surface area is 498 Å². The normalized spacial score (nSPS) is 12.8. The van der Waals surface area contributed by atoms with Crippen molar-refractivity contribution in [3.63, 3.8) is 0 Å². The second-order valence-corrected chi connectivity index (χ2v) is 11.2. The first-order chi connectivity index (χ1) is 24.9. The maximum atomic E-state index is 8.64. The number of carbonyl (C=O) groups is 1. The summed E-state index contributed by atoms with van der Waals surface area (Å²) in [6.45, 7) is 25.2. The van der Waals surface area contributed by atoms with Crippen LogP contribution in [0.4, 0.5) is 0 Å². The molecule has 0 spiro atoms. The van der Waals surface area contributed by atoms with E-state index in [-0.39, 0.29) is 209 Å². The number of halogens is 1. The van der Waals surface area contributed by atoms with Gasteiger partial charge >= 0.3 is 103 Å². The van der Waals surface area contributed by atoms with Crippen LogP contribution in [0.25, 0.3) is 0 Å². The van der Waals surface area contributed by atoms with E-state index >= 15 is 0 Å². The average Bonchev–Trinajstić information content (AvgIpc) is 3.93. The van der Waals surface area contributed by atoms with E-state index in [2.05, 4.69) is 73.7 Å². The monoisotopic (exact) mass is 1060 g/mol. The van der Waals surface area contributed by atoms with Crippen molar-refractivity contribution >= 4 is 18.1 Å². The standard InChI is InChI=1S/C16H17N4.C10H12N3.C6H6ClN.C4H7N2.CH2O3.2K.3Y.H/c1-14-19(12-15-4-2-6-17-10-15)8-9-20(14)13-16-5-3-7-18-11-16;1-9-12-5-6-13(9)8-10-3-2-4-11-7-10;7-4-6-2-1-3-8-5-6;1-4-5-2-3-6-4;2-1-4-3;;;;;;/h1-7,10-11H,8-9,12-13H2;1-4,7,12H,5-6,8H2;1-3,5H,4H2;1,5-6H,2-3H2;1,3H;;;;;;/q2*-1;;-1;;2*+1;;;;-1/p-1. The molecule has 0 amide bonds. The van der Waals surface area contributed by atoms with E-state index in [9.17, 15) is 0 Å². The van der Waals surface area contributed by atoms with Gasteiger partial charge in [-0.05, 0) is 46.5 Å². The smallest absolute Gasteiger partial charge is 1.00 e. The summed E-state index contributed by atoms with van der Waals surface area (Å²) in [6.07, 6.45) is 14.5. The van der Waals surface area contributed by atoms with Crippen LogP contribution in [0.15, 0.2) is 116 Å². The van der Waals surface area contributed by atoms with Gasteiger partial charge < -0.3 is 62.0 Å². The summed E-state index contributed by atoms with van der Waals surface area (Å²) >= 11 is 5.49. The molecule has 0 atom stereocenters. The molecule has 4 aromatic heterocycles. The zero-order chi connectivity index (χ0) is 36.5. The number of aromatic nitrogens is 4. The van der Waals surface area contributed by atoms with E-state index in [0.29, 0.717) is 11.7 Å². The Bertz CT molecular complexity index is 1550. The van der Waals surface area contributed by atoms with Crippen LogP contribution < -0.4 is 124 Å². The van der Waals surface area contributed by atoms with Crippen LogP contribution in [0.1, 0.15) is 23.7 Å². The van der Waals surface area contributed by atoms with Gasteiger partial charge in [0.05, 0.1) is 0 Å². The number of rotatable bonds is 8. The number of nitrogens with zero attached hydrogens (tertiary/aromatic N) is 7. The van der Waals surface area contributed by atoms with Crippen LogP contribution >= 0.6 is 11.6 Å². The maximum Gasteiger partial charge on any atom is 1.00 e. The molecule has 7 rings (SSSR count). The third kappa shape index (κ3) is 26.3. The van der Waals surface area contributed by atoms with Crippen molar-refractivity contribution in [2.75, 3.05) is 39.3 Å². The fraction of sp³-hybridized carbons (Fsp3) is 0.270. The van der Waals surface area contributed by atoms with E-state index < -0.39 is 0 Å². The maximum absolute atomic E-state index is 8.64. The van der Waals surface area contributed by atoms with E-state index in [1.807, 2.05) is 48.9 Å². The summed E-state index contributed by atoms with van der Waals surface area (Å²) in [6, 6.07) is 15.9. The molecular formula is C37H44ClK2N10O3Y3-3. The van der Waals surface area contributed by atoms with E-state index in [1.54, 1.807) is 31.0 Å². The zero-order valence-electron chi connectivity index (χ0n) is 33.1. The molecule has 3 radical (unpaired) electrons. The van der Waals surface area contributed by atoms with Gasteiger partial charge in [-0.1, -0.05) is 41.7 Å². The number of nitrogens with one attached hydrogen (secondary N) is 3. The quantitative estimate of drug-likeness (QED) is 0.0405. The summed E-state index contributed by atoms with van der Waals surface area (Å²) < 4.78 is 0. The SMILES string of the molecule is ClCc1cccnc1.O=CO[O-].[CH-]=C1N(Cc2cccnc2)CCN1Cc1cccnc1.[CH-]=C1NCCN1.[CH-]=C1NCCN1Cc1cccnc1.[H-].[K+].[K+].[Y].[Y].[Y]. The summed E-state index contributed by atoms with van der Waals surface area (Å²) in [5.74, 6) is 2.85. The molecule has 3 aliphatic rings. The molecule has 0 aliphatic carbocycles. The summed E-state index contributed by atoms with van der Waals surface area (Å²) in [7, 11) is 0. The van der Waals surface area contributed by atoms with Crippen LogP contribution in [-0.2, 0) is 133 Å². The van der Waals surface area contributed by atoms with Crippen LogP contribution in [0, 0.1) is 19.7 Å². The molecule has 0 unspecified atom stereocenters. The number of pyridine rings is 4. The fourth-order valence-corrected chi connectivity index (χ4v) is 4.93. The topological polar surface area (TPSA) is 147 Å². The second kappa shape index (κ2) is 38.8. The predicted octanol–water partition coefficient (Wildman–Crippen LogP) is -3.35. The zero-order valence-corrected chi connectivity index (χ0v) is 47.6. The van der Waals surface area contributed by atoms with Crippen molar-refractivity contribution in [1.29, 1.82) is 0 Å². The molecule has 7 heterocycles. The molecule has 3 aliphatic heterocycles. The number of hydrogen-bond donors (Lipinski definition) is 3. The van der Waals surface area contributed by atoms with Crippen molar-refractivity contribution in [3.05, 3.63) is 158 Å². The van der Waals surface area contributed by atoms with Crippen molar-refractivity contribution in [2.45, 2.75) is 25.5 Å². The fourth-order valence-electron chi connectivity index (χ4n) is 4.78. The third-order valence-corrected chi connectivity index (χ3v) is 7.59. The molecule has 56 heavy (non-hydrogen) atoms. The van der Waals surface area contributed by atoms with Gasteiger partial charge in [-0.15, -0.1) is 11.6 Å². The largest absolute Gasteiger partial charge is 1.00 e. The summed E-state index contributed by atoms with van der Waals surface area (Å²) in [5.41, 5.74) is 4.61. The number of hydrogen-bond acceptors (Lipinski definition) is 13. The Hall–Kier alpha value is 0.924. The molecule has 3 N–H and O–H groups in total. The summed E-state index contributed by atoms with van der Waals surface area (Å²) in [4.78, 5) is 33.9. The summed E-state index contributed by atoms with van der Waals surface area (Å²) in [5, 5.41) is 17.3. The minimum Gasteiger partial charge on any atom is -1.00 e. The molecule has 281 valence electrons. The molecule has 19 heteroatoms. The minimum absolute atomic E-state index is 0. The van der Waals surface area contributed by atoms with Gasteiger partial charge in [0.1, 0.15) is 0 Å². The Balaban J connectivity index is -0.000000331. The Morgan fingerprint density at radius 2 is 1.04 bits per heavy atom. The van der Waals surface area contributed by atoms with Gasteiger partial charge in [0.25, 0.3) is 6.47 Å². The average molecular weight is 1060 g/mol. The molecular weight excluding hydrogens is 1010 g/mol. The molecule has 13 nitrogen and oxygen atoms in total. The number of carbonyl (C=O) groups excluding carboxylic acids is 1. The van der Waals surface area contributed by atoms with Crippen LogP contribution in [0.2, 0.25) is 0 Å². The van der Waals surface area contributed by atoms with Crippen molar-refractivity contribution in [1.82, 2.24) is 50.6 Å². The molecule has 0 aromatic carbocycles. The third-order valence-electron chi connectivity index (χ3n) is 7.28. The Morgan fingerprint density at radius 1 is 0.661 bits per heavy atom. The Morgan fingerprint density at radius 3 is 1.29 bits per heavy atom. The van der Waals surface area contributed by atoms with Crippen molar-refractivity contribution in [2.24, 2.45) is 0 Å². The van der Waals surface area contributed by atoms with Crippen LogP contribution in [0.3, 0.4) is 0 Å². The van der Waals surface area contributed by atoms with Crippen LogP contribution in [0.5, 0.6) is 0 Å². The second-order valence-electron chi connectivity index (χ2n) is 11.0. The van der Waals surface area contributed by atoms with Crippen molar-refractivity contribution in [3.8, 4) is 0 Å². The van der Waals surface area contributed by atoms with Gasteiger partial charge in [0.2, 0.25) is 0 Å².